The van der Waals surface area contributed by atoms with Crippen LogP contribution in [0.5, 0.6) is 0 Å². The minimum Gasteiger partial charge on any atom is -0.308 e. The third kappa shape index (κ3) is 3.58. The van der Waals surface area contributed by atoms with E-state index in [-0.39, 0.29) is 6.04 Å². The summed E-state index contributed by atoms with van der Waals surface area (Å²) in [6.07, 6.45) is 2.45. The number of hydrogen-bond acceptors (Lipinski definition) is 7. The lowest BCUT2D eigenvalue weighted by Crippen LogP contribution is -2.32. The van der Waals surface area contributed by atoms with Crippen molar-refractivity contribution in [2.75, 3.05) is 20.6 Å². The van der Waals surface area contributed by atoms with Crippen LogP contribution in [0.1, 0.15) is 29.2 Å². The lowest BCUT2D eigenvalue weighted by molar-refractivity contribution is 0.366. The summed E-state index contributed by atoms with van der Waals surface area (Å²) in [4.78, 5) is 3.07. The third-order valence-electron chi connectivity index (χ3n) is 3.21. The molecule has 0 spiro atoms. The van der Waals surface area contributed by atoms with Crippen molar-refractivity contribution < 1.29 is 0 Å². The highest BCUT2D eigenvalue weighted by Gasteiger charge is 2.25. The fourth-order valence-corrected chi connectivity index (χ4v) is 3.14. The van der Waals surface area contributed by atoms with Gasteiger partial charge in [-0.05, 0) is 32.0 Å². The first-order valence-electron chi connectivity index (χ1n) is 6.71. The molecule has 2 aromatic heterocycles. The summed E-state index contributed by atoms with van der Waals surface area (Å²) in [5, 5.41) is 9.08. The molecule has 21 heavy (non-hydrogen) atoms. The maximum absolute atomic E-state index is 6.32. The average Bonchev–Trinajstić information content (AvgIpc) is 3.06. The molecule has 0 aliphatic rings. The molecular formula is C12H20ClN7S. The standard InChI is InChI=1S/C12H20ClN7S/c1-4-9-12(21-18-17-9)10(16-14)11-8(13)7-15-20(11)6-5-19(2)3/h7,10,16H,4-6,14H2,1-3H3. The second kappa shape index (κ2) is 7.28. The molecule has 0 bridgehead atoms. The van der Waals surface area contributed by atoms with E-state index in [1.54, 1.807) is 6.20 Å². The molecule has 0 radical (unpaired) electrons. The minimum atomic E-state index is -0.253. The van der Waals surface area contributed by atoms with E-state index >= 15 is 0 Å². The molecular weight excluding hydrogens is 310 g/mol. The number of nitrogens with one attached hydrogen (secondary N) is 1. The van der Waals surface area contributed by atoms with Crippen LogP contribution < -0.4 is 11.3 Å². The molecule has 9 heteroatoms. The smallest absolute Gasteiger partial charge is 0.102 e. The van der Waals surface area contributed by atoms with Gasteiger partial charge in [0.2, 0.25) is 0 Å². The summed E-state index contributed by atoms with van der Waals surface area (Å²) in [5.41, 5.74) is 4.60. The SMILES string of the molecule is CCc1nnsc1C(NN)c1c(Cl)cnn1CCN(C)C. The number of hydrogen-bond donors (Lipinski definition) is 2. The minimum absolute atomic E-state index is 0.253. The van der Waals surface area contributed by atoms with E-state index in [2.05, 4.69) is 25.0 Å². The first-order chi connectivity index (χ1) is 10.1. The van der Waals surface area contributed by atoms with Crippen LogP contribution in [-0.4, -0.2) is 44.9 Å². The number of likely N-dealkylation sites (N-methyl/N-ethyl adjacent to an activating group) is 1. The van der Waals surface area contributed by atoms with Crippen LogP contribution in [-0.2, 0) is 13.0 Å². The molecule has 116 valence electrons. The van der Waals surface area contributed by atoms with Gasteiger partial charge in [0.1, 0.15) is 6.04 Å². The van der Waals surface area contributed by atoms with E-state index in [0.717, 1.165) is 35.8 Å². The summed E-state index contributed by atoms with van der Waals surface area (Å²) < 4.78 is 5.90. The van der Waals surface area contributed by atoms with Crippen LogP contribution >= 0.6 is 23.1 Å². The monoisotopic (exact) mass is 329 g/mol. The summed E-state index contributed by atoms with van der Waals surface area (Å²) in [5.74, 6) is 5.76. The third-order valence-corrected chi connectivity index (χ3v) is 4.34. The average molecular weight is 330 g/mol. The molecule has 2 rings (SSSR count). The van der Waals surface area contributed by atoms with E-state index in [4.69, 9.17) is 17.4 Å². The molecule has 0 saturated carbocycles. The maximum Gasteiger partial charge on any atom is 0.102 e. The summed E-state index contributed by atoms with van der Waals surface area (Å²) >= 11 is 7.65. The number of aromatic nitrogens is 4. The summed E-state index contributed by atoms with van der Waals surface area (Å²) in [7, 11) is 4.04. The largest absolute Gasteiger partial charge is 0.308 e. The molecule has 0 saturated heterocycles. The highest BCUT2D eigenvalue weighted by Crippen LogP contribution is 2.31. The molecule has 0 aliphatic heterocycles. The Kier molecular flexibility index (Phi) is 5.65. The van der Waals surface area contributed by atoms with Crippen LogP contribution in [0, 0.1) is 0 Å². The summed E-state index contributed by atoms with van der Waals surface area (Å²) in [6, 6.07) is -0.253. The van der Waals surface area contributed by atoms with Crippen molar-refractivity contribution in [3.05, 3.63) is 27.5 Å². The van der Waals surface area contributed by atoms with Crippen LogP contribution in [0.25, 0.3) is 0 Å². The van der Waals surface area contributed by atoms with Crippen LogP contribution in [0.4, 0.5) is 0 Å². The number of aryl methyl sites for hydroxylation is 1. The number of hydrazine groups is 1. The Labute approximate surface area is 133 Å². The Morgan fingerprint density at radius 1 is 1.52 bits per heavy atom. The lowest BCUT2D eigenvalue weighted by Gasteiger charge is -2.18. The maximum atomic E-state index is 6.32. The second-order valence-corrected chi connectivity index (χ2v) is 6.13. The number of rotatable bonds is 7. The predicted octanol–water partition coefficient (Wildman–Crippen LogP) is 1.06. The molecule has 0 aromatic carbocycles. The van der Waals surface area contributed by atoms with E-state index in [0.29, 0.717) is 5.02 Å². The van der Waals surface area contributed by atoms with Crippen molar-refractivity contribution in [1.29, 1.82) is 0 Å². The molecule has 1 atom stereocenters. The fraction of sp³-hybridized carbons (Fsp3) is 0.583. The number of halogens is 1. The Morgan fingerprint density at radius 3 is 2.90 bits per heavy atom. The van der Waals surface area contributed by atoms with Crippen LogP contribution in [0.2, 0.25) is 5.02 Å². The lowest BCUT2D eigenvalue weighted by atomic mass is 10.1. The molecule has 7 nitrogen and oxygen atoms in total. The zero-order chi connectivity index (χ0) is 15.4. The van der Waals surface area contributed by atoms with Gasteiger partial charge >= 0.3 is 0 Å². The van der Waals surface area contributed by atoms with Crippen molar-refractivity contribution >= 4 is 23.1 Å². The van der Waals surface area contributed by atoms with Gasteiger partial charge in [-0.15, -0.1) is 5.10 Å². The van der Waals surface area contributed by atoms with Gasteiger partial charge in [-0.1, -0.05) is 23.0 Å². The van der Waals surface area contributed by atoms with Gasteiger partial charge in [0.25, 0.3) is 0 Å². The van der Waals surface area contributed by atoms with Crippen molar-refractivity contribution in [1.82, 2.24) is 29.7 Å². The van der Waals surface area contributed by atoms with Crippen molar-refractivity contribution in [2.45, 2.75) is 25.9 Å². The topological polar surface area (TPSA) is 84.9 Å². The molecule has 0 fully saturated rings. The predicted molar refractivity (Wildman–Crippen MR) is 84.2 cm³/mol. The van der Waals surface area contributed by atoms with Gasteiger partial charge in [-0.2, -0.15) is 5.10 Å². The van der Waals surface area contributed by atoms with E-state index < -0.39 is 0 Å². The quantitative estimate of drug-likeness (QED) is 0.584. The van der Waals surface area contributed by atoms with E-state index in [1.165, 1.54) is 11.5 Å². The highest BCUT2D eigenvalue weighted by atomic mass is 35.5. The first kappa shape index (κ1) is 16.3. The van der Waals surface area contributed by atoms with Gasteiger partial charge in [0, 0.05) is 6.54 Å². The van der Waals surface area contributed by atoms with Crippen LogP contribution in [0.15, 0.2) is 6.20 Å². The Hall–Kier alpha value is -1.06. The number of nitrogens with zero attached hydrogens (tertiary/aromatic N) is 5. The zero-order valence-electron chi connectivity index (χ0n) is 12.4. The Morgan fingerprint density at radius 2 is 2.29 bits per heavy atom. The Bertz CT molecular complexity index is 580. The van der Waals surface area contributed by atoms with Gasteiger partial charge in [-0.3, -0.25) is 10.5 Å². The van der Waals surface area contributed by atoms with E-state index in [1.807, 2.05) is 25.7 Å². The van der Waals surface area contributed by atoms with E-state index in [9.17, 15) is 0 Å². The van der Waals surface area contributed by atoms with Gasteiger partial charge in [-0.25, -0.2) is 5.43 Å². The zero-order valence-corrected chi connectivity index (χ0v) is 13.9. The van der Waals surface area contributed by atoms with Gasteiger partial charge in [0.05, 0.1) is 34.0 Å². The molecule has 0 aliphatic carbocycles. The second-order valence-electron chi connectivity index (χ2n) is 4.94. The van der Waals surface area contributed by atoms with Gasteiger partial charge < -0.3 is 4.90 Å². The fourth-order valence-electron chi connectivity index (χ4n) is 2.09. The molecule has 2 aromatic rings. The molecule has 0 amide bonds. The number of nitrogens with two attached hydrogens (primary N) is 1. The van der Waals surface area contributed by atoms with Crippen molar-refractivity contribution in [3.8, 4) is 0 Å². The summed E-state index contributed by atoms with van der Waals surface area (Å²) in [6.45, 7) is 3.64. The van der Waals surface area contributed by atoms with Crippen molar-refractivity contribution in [2.24, 2.45) is 5.84 Å². The van der Waals surface area contributed by atoms with Crippen LogP contribution in [0.3, 0.4) is 0 Å². The Balaban J connectivity index is 2.36. The molecule has 1 unspecified atom stereocenters. The van der Waals surface area contributed by atoms with Gasteiger partial charge in [0.15, 0.2) is 0 Å². The van der Waals surface area contributed by atoms with Crippen molar-refractivity contribution in [3.63, 3.8) is 0 Å². The first-order valence-corrected chi connectivity index (χ1v) is 7.86. The molecule has 3 N–H and O–H groups in total. The molecule has 2 heterocycles. The normalized spacial score (nSPS) is 13.0. The highest BCUT2D eigenvalue weighted by molar-refractivity contribution is 7.05.